The van der Waals surface area contributed by atoms with Gasteiger partial charge >= 0.3 is 0 Å². The Morgan fingerprint density at radius 1 is 1.35 bits per heavy atom. The van der Waals surface area contributed by atoms with Crippen molar-refractivity contribution in [1.29, 1.82) is 0 Å². The number of fused-ring (bicyclic) bond motifs is 1. The maximum Gasteiger partial charge on any atom is 0.259 e. The molecule has 124 valence electrons. The predicted octanol–water partition coefficient (Wildman–Crippen LogP) is 3.83. The quantitative estimate of drug-likeness (QED) is 0.872. The van der Waals surface area contributed by atoms with Crippen molar-refractivity contribution in [2.45, 2.75) is 27.7 Å². The van der Waals surface area contributed by atoms with Crippen LogP contribution >= 0.6 is 11.6 Å². The van der Waals surface area contributed by atoms with E-state index in [4.69, 9.17) is 11.6 Å². The van der Waals surface area contributed by atoms with Gasteiger partial charge in [-0.1, -0.05) is 25.4 Å². The first-order valence-corrected chi connectivity index (χ1v) is 8.34. The standard InChI is InChI=1S/C17H23ClN4O/c1-5-22(6-2)17(23)13-14(18)12-8-7-9-19-15(12)21-16(13)20-10-11(3)4/h7-9,11H,5-6,10H2,1-4H3,(H,19,20,21). The number of carbonyl (C=O) groups excluding carboxylic acids is 1. The zero-order chi connectivity index (χ0) is 17.0. The summed E-state index contributed by atoms with van der Waals surface area (Å²) in [6.45, 7) is 10.1. The second-order valence-corrected chi connectivity index (χ2v) is 6.15. The van der Waals surface area contributed by atoms with Gasteiger partial charge in [0.05, 0.1) is 5.02 Å². The molecule has 0 aromatic carbocycles. The van der Waals surface area contributed by atoms with Gasteiger partial charge in [-0.25, -0.2) is 9.97 Å². The molecule has 2 rings (SSSR count). The first kappa shape index (κ1) is 17.5. The molecule has 5 nitrogen and oxygen atoms in total. The fraction of sp³-hybridized carbons (Fsp3) is 0.471. The number of halogens is 1. The molecule has 0 spiro atoms. The van der Waals surface area contributed by atoms with E-state index in [2.05, 4.69) is 29.1 Å². The van der Waals surface area contributed by atoms with Crippen LogP contribution in [0.5, 0.6) is 0 Å². The van der Waals surface area contributed by atoms with Crippen molar-refractivity contribution in [2.24, 2.45) is 5.92 Å². The molecule has 6 heteroatoms. The van der Waals surface area contributed by atoms with Gasteiger partial charge in [-0.3, -0.25) is 4.79 Å². The molecule has 0 saturated carbocycles. The van der Waals surface area contributed by atoms with Crippen molar-refractivity contribution in [3.63, 3.8) is 0 Å². The highest BCUT2D eigenvalue weighted by molar-refractivity contribution is 6.39. The van der Waals surface area contributed by atoms with Gasteiger partial charge in [0.1, 0.15) is 11.4 Å². The summed E-state index contributed by atoms with van der Waals surface area (Å²) in [4.78, 5) is 23.4. The summed E-state index contributed by atoms with van der Waals surface area (Å²) in [5, 5.41) is 4.35. The van der Waals surface area contributed by atoms with Crippen LogP contribution in [-0.2, 0) is 0 Å². The van der Waals surface area contributed by atoms with Crippen LogP contribution in [0.3, 0.4) is 0 Å². The number of rotatable bonds is 6. The lowest BCUT2D eigenvalue weighted by Gasteiger charge is -2.22. The second kappa shape index (κ2) is 7.59. The number of hydrogen-bond acceptors (Lipinski definition) is 4. The van der Waals surface area contributed by atoms with Crippen molar-refractivity contribution in [1.82, 2.24) is 14.9 Å². The number of pyridine rings is 2. The molecule has 0 fully saturated rings. The van der Waals surface area contributed by atoms with E-state index in [1.165, 1.54) is 0 Å². The van der Waals surface area contributed by atoms with Crippen molar-refractivity contribution in [2.75, 3.05) is 25.0 Å². The number of nitrogens with one attached hydrogen (secondary N) is 1. The molecule has 1 amide bonds. The first-order chi connectivity index (χ1) is 11.0. The molecule has 0 aliphatic heterocycles. The maximum absolute atomic E-state index is 12.9. The van der Waals surface area contributed by atoms with Gasteiger partial charge in [0.15, 0.2) is 5.65 Å². The molecule has 0 unspecified atom stereocenters. The Hall–Kier alpha value is -1.88. The smallest absolute Gasteiger partial charge is 0.259 e. The van der Waals surface area contributed by atoms with Crippen LogP contribution in [0.2, 0.25) is 5.02 Å². The van der Waals surface area contributed by atoms with E-state index in [1.807, 2.05) is 19.9 Å². The zero-order valence-corrected chi connectivity index (χ0v) is 14.8. The molecule has 0 atom stereocenters. The van der Waals surface area contributed by atoms with Crippen LogP contribution < -0.4 is 5.32 Å². The van der Waals surface area contributed by atoms with Gasteiger partial charge in [-0.2, -0.15) is 0 Å². The number of anilines is 1. The minimum atomic E-state index is -0.107. The summed E-state index contributed by atoms with van der Waals surface area (Å²) in [6.07, 6.45) is 1.67. The van der Waals surface area contributed by atoms with Crippen LogP contribution in [-0.4, -0.2) is 40.4 Å². The Labute approximate surface area is 142 Å². The third-order valence-electron chi connectivity index (χ3n) is 3.64. The van der Waals surface area contributed by atoms with Crippen molar-refractivity contribution >= 4 is 34.4 Å². The summed E-state index contributed by atoms with van der Waals surface area (Å²) in [6, 6.07) is 3.63. The van der Waals surface area contributed by atoms with Crippen LogP contribution in [0.25, 0.3) is 11.0 Å². The molecule has 1 N–H and O–H groups in total. The molecule has 2 aromatic rings. The molecule has 0 aliphatic rings. The normalized spacial score (nSPS) is 11.0. The number of carbonyl (C=O) groups is 1. The average Bonchev–Trinajstić information content (AvgIpc) is 2.54. The molecule has 2 aromatic heterocycles. The highest BCUT2D eigenvalue weighted by atomic mass is 35.5. The van der Waals surface area contributed by atoms with E-state index in [-0.39, 0.29) is 5.91 Å². The summed E-state index contributed by atoms with van der Waals surface area (Å²) in [7, 11) is 0. The fourth-order valence-corrected chi connectivity index (χ4v) is 2.67. The Balaban J connectivity index is 2.60. The van der Waals surface area contributed by atoms with Crippen LogP contribution in [0.4, 0.5) is 5.82 Å². The second-order valence-electron chi connectivity index (χ2n) is 5.78. The highest BCUT2D eigenvalue weighted by Crippen LogP contribution is 2.31. The number of nitrogens with zero attached hydrogens (tertiary/aromatic N) is 3. The van der Waals surface area contributed by atoms with Gasteiger partial charge in [0.2, 0.25) is 0 Å². The van der Waals surface area contributed by atoms with Crippen molar-refractivity contribution in [3.05, 3.63) is 28.9 Å². The SMILES string of the molecule is CCN(CC)C(=O)c1c(NCC(C)C)nc2ncccc2c1Cl. The summed E-state index contributed by atoms with van der Waals surface area (Å²) in [5.74, 6) is 0.822. The topological polar surface area (TPSA) is 58.1 Å². The van der Waals surface area contributed by atoms with Gasteiger partial charge in [-0.15, -0.1) is 0 Å². The van der Waals surface area contributed by atoms with Crippen molar-refractivity contribution in [3.8, 4) is 0 Å². The summed E-state index contributed by atoms with van der Waals surface area (Å²) >= 11 is 6.55. The number of aromatic nitrogens is 2. The zero-order valence-electron chi connectivity index (χ0n) is 14.1. The monoisotopic (exact) mass is 334 g/mol. The summed E-state index contributed by atoms with van der Waals surface area (Å²) in [5.41, 5.74) is 0.969. The molecular formula is C17H23ClN4O. The van der Waals surface area contributed by atoms with Gasteiger partial charge in [0.25, 0.3) is 5.91 Å². The fourth-order valence-electron chi connectivity index (χ4n) is 2.35. The van der Waals surface area contributed by atoms with E-state index in [1.54, 1.807) is 17.2 Å². The Bertz CT molecular complexity index is 698. The van der Waals surface area contributed by atoms with Gasteiger partial charge < -0.3 is 10.2 Å². The largest absolute Gasteiger partial charge is 0.369 e. The lowest BCUT2D eigenvalue weighted by Crippen LogP contribution is -2.31. The molecule has 23 heavy (non-hydrogen) atoms. The average molecular weight is 335 g/mol. The Morgan fingerprint density at radius 2 is 2.04 bits per heavy atom. The lowest BCUT2D eigenvalue weighted by molar-refractivity contribution is 0.0774. The van der Waals surface area contributed by atoms with Crippen LogP contribution in [0.1, 0.15) is 38.1 Å². The predicted molar refractivity (Wildman–Crippen MR) is 95.1 cm³/mol. The molecule has 0 radical (unpaired) electrons. The lowest BCUT2D eigenvalue weighted by atomic mass is 10.1. The third-order valence-corrected chi connectivity index (χ3v) is 4.03. The van der Waals surface area contributed by atoms with Crippen LogP contribution in [0, 0.1) is 5.92 Å². The molecule has 0 bridgehead atoms. The number of amides is 1. The van der Waals surface area contributed by atoms with E-state index in [0.29, 0.717) is 53.0 Å². The third kappa shape index (κ3) is 3.72. The van der Waals surface area contributed by atoms with Crippen LogP contribution in [0.15, 0.2) is 18.3 Å². The molecular weight excluding hydrogens is 312 g/mol. The minimum Gasteiger partial charge on any atom is -0.369 e. The Kier molecular flexibility index (Phi) is 5.77. The molecule has 0 saturated heterocycles. The van der Waals surface area contributed by atoms with Crippen molar-refractivity contribution < 1.29 is 4.79 Å². The first-order valence-electron chi connectivity index (χ1n) is 7.96. The van der Waals surface area contributed by atoms with E-state index < -0.39 is 0 Å². The van der Waals surface area contributed by atoms with E-state index in [9.17, 15) is 4.79 Å². The Morgan fingerprint density at radius 3 is 2.65 bits per heavy atom. The van der Waals surface area contributed by atoms with E-state index in [0.717, 1.165) is 0 Å². The minimum absolute atomic E-state index is 0.107. The molecule has 0 aliphatic carbocycles. The highest BCUT2D eigenvalue weighted by Gasteiger charge is 2.24. The molecule has 2 heterocycles. The summed E-state index contributed by atoms with van der Waals surface area (Å²) < 4.78 is 0. The van der Waals surface area contributed by atoms with E-state index >= 15 is 0 Å². The maximum atomic E-state index is 12.9. The number of hydrogen-bond donors (Lipinski definition) is 1. The van der Waals surface area contributed by atoms with Gasteiger partial charge in [-0.05, 0) is 31.9 Å². The van der Waals surface area contributed by atoms with Gasteiger partial charge in [0, 0.05) is 31.2 Å².